The van der Waals surface area contributed by atoms with Crippen LogP contribution in [0.4, 0.5) is 0 Å². The Bertz CT molecular complexity index is 3470. The summed E-state index contributed by atoms with van der Waals surface area (Å²) in [6, 6.07) is 63.7. The maximum absolute atomic E-state index is 6.53. The molecule has 0 spiro atoms. The molecule has 4 aromatic heterocycles. The van der Waals surface area contributed by atoms with Gasteiger partial charge in [0.25, 0.3) is 0 Å². The molecule has 0 aliphatic heterocycles. The predicted molar refractivity (Wildman–Crippen MR) is 236 cm³/mol. The van der Waals surface area contributed by atoms with E-state index in [1.54, 1.807) is 11.3 Å². The summed E-state index contributed by atoms with van der Waals surface area (Å²) in [5, 5.41) is 6.92. The van der Waals surface area contributed by atoms with Gasteiger partial charge in [0.05, 0.1) is 11.0 Å². The van der Waals surface area contributed by atoms with Crippen LogP contribution in [0, 0.1) is 0 Å². The molecule has 6 heteroatoms. The summed E-state index contributed by atoms with van der Waals surface area (Å²) in [5.74, 6) is 1.84. The lowest BCUT2D eigenvalue weighted by Gasteiger charge is -2.10. The quantitative estimate of drug-likeness (QED) is 0.176. The molecule has 0 aliphatic rings. The third-order valence-corrected chi connectivity index (χ3v) is 12.2. The number of nitrogens with zero attached hydrogens (tertiary/aromatic N) is 4. The molecule has 12 rings (SSSR count). The molecule has 0 saturated carbocycles. The van der Waals surface area contributed by atoms with Crippen molar-refractivity contribution in [2.45, 2.75) is 0 Å². The van der Waals surface area contributed by atoms with Crippen LogP contribution in [0.25, 0.3) is 115 Å². The second kappa shape index (κ2) is 12.6. The molecule has 0 fully saturated rings. The van der Waals surface area contributed by atoms with Gasteiger partial charge in [0.1, 0.15) is 11.2 Å². The third kappa shape index (κ3) is 5.04. The maximum Gasteiger partial charge on any atom is 0.164 e. The number of fused-ring (bicyclic) bond motifs is 9. The van der Waals surface area contributed by atoms with Gasteiger partial charge in [0, 0.05) is 64.1 Å². The highest BCUT2D eigenvalue weighted by molar-refractivity contribution is 7.26. The molecule has 0 radical (unpaired) electrons. The number of aromatic nitrogens is 4. The Morgan fingerprint density at radius 2 is 1.04 bits per heavy atom. The van der Waals surface area contributed by atoms with Crippen LogP contribution < -0.4 is 0 Å². The van der Waals surface area contributed by atoms with Crippen LogP contribution >= 0.6 is 11.3 Å². The molecule has 4 heterocycles. The van der Waals surface area contributed by atoms with E-state index >= 15 is 0 Å². The van der Waals surface area contributed by atoms with E-state index < -0.39 is 0 Å². The Hall–Kier alpha value is -7.41. The van der Waals surface area contributed by atoms with Crippen molar-refractivity contribution in [1.82, 2.24) is 19.5 Å². The van der Waals surface area contributed by atoms with E-state index in [0.717, 1.165) is 55.3 Å². The summed E-state index contributed by atoms with van der Waals surface area (Å²) in [5.41, 5.74) is 10.2. The number of furan rings is 1. The van der Waals surface area contributed by atoms with Crippen molar-refractivity contribution in [2.75, 3.05) is 0 Å². The monoisotopic (exact) mass is 746 g/mol. The molecule has 266 valence electrons. The van der Waals surface area contributed by atoms with Crippen LogP contribution in [-0.2, 0) is 0 Å². The van der Waals surface area contributed by atoms with E-state index in [4.69, 9.17) is 19.4 Å². The zero-order chi connectivity index (χ0) is 37.5. The molecule has 5 nitrogen and oxygen atoms in total. The molecule has 0 atom stereocenters. The number of hydrogen-bond acceptors (Lipinski definition) is 5. The summed E-state index contributed by atoms with van der Waals surface area (Å²) >= 11 is 1.80. The zero-order valence-electron chi connectivity index (χ0n) is 30.4. The fourth-order valence-corrected chi connectivity index (χ4v) is 9.68. The molecule has 0 N–H and O–H groups in total. The average molecular weight is 747 g/mol. The second-order valence-corrected chi connectivity index (χ2v) is 15.4. The SMILES string of the molecule is c1ccc(-c2nc(-c3ccc4c(c3)sc3cccc(-c5ccccc5)c34)nc(-c3cccc4oc5ccc(-n6c7ccccc7c7ccccc76)cc5c34)n2)cc1. The summed E-state index contributed by atoms with van der Waals surface area (Å²) in [6.07, 6.45) is 0. The summed E-state index contributed by atoms with van der Waals surface area (Å²) in [7, 11) is 0. The smallest absolute Gasteiger partial charge is 0.164 e. The van der Waals surface area contributed by atoms with Crippen molar-refractivity contribution in [2.24, 2.45) is 0 Å². The van der Waals surface area contributed by atoms with Gasteiger partial charge < -0.3 is 8.98 Å². The zero-order valence-corrected chi connectivity index (χ0v) is 31.2. The average Bonchev–Trinajstić information content (AvgIpc) is 3.96. The van der Waals surface area contributed by atoms with E-state index in [9.17, 15) is 0 Å². The normalized spacial score (nSPS) is 11.9. The van der Waals surface area contributed by atoms with Gasteiger partial charge in [-0.25, -0.2) is 15.0 Å². The number of thiophene rings is 1. The Kier molecular flexibility index (Phi) is 7.03. The third-order valence-electron chi connectivity index (χ3n) is 11.1. The molecule has 0 amide bonds. The lowest BCUT2D eigenvalue weighted by Crippen LogP contribution is -2.00. The Morgan fingerprint density at radius 3 is 1.81 bits per heavy atom. The largest absolute Gasteiger partial charge is 0.456 e. The predicted octanol–water partition coefficient (Wildman–Crippen LogP) is 13.9. The van der Waals surface area contributed by atoms with Crippen LogP contribution in [0.5, 0.6) is 0 Å². The van der Waals surface area contributed by atoms with Gasteiger partial charge >= 0.3 is 0 Å². The van der Waals surface area contributed by atoms with Gasteiger partial charge in [-0.05, 0) is 59.7 Å². The minimum absolute atomic E-state index is 0.595. The van der Waals surface area contributed by atoms with E-state index in [-0.39, 0.29) is 0 Å². The fourth-order valence-electron chi connectivity index (χ4n) is 8.51. The molecular formula is C51H30N4OS. The van der Waals surface area contributed by atoms with Gasteiger partial charge in [0.15, 0.2) is 17.5 Å². The first-order chi connectivity index (χ1) is 28.2. The van der Waals surface area contributed by atoms with Gasteiger partial charge in [-0.3, -0.25) is 0 Å². The first kappa shape index (κ1) is 31.9. The topological polar surface area (TPSA) is 56.7 Å². The van der Waals surface area contributed by atoms with Crippen LogP contribution in [0.15, 0.2) is 186 Å². The summed E-state index contributed by atoms with van der Waals surface area (Å²) in [4.78, 5) is 15.5. The summed E-state index contributed by atoms with van der Waals surface area (Å²) < 4.78 is 11.3. The minimum atomic E-state index is 0.595. The Balaban J connectivity index is 1.06. The van der Waals surface area contributed by atoms with Crippen molar-refractivity contribution < 1.29 is 4.42 Å². The maximum atomic E-state index is 6.53. The van der Waals surface area contributed by atoms with E-state index in [0.29, 0.717) is 17.5 Å². The van der Waals surface area contributed by atoms with E-state index in [1.807, 2.05) is 30.3 Å². The van der Waals surface area contributed by atoms with Crippen LogP contribution in [0.2, 0.25) is 0 Å². The van der Waals surface area contributed by atoms with Crippen molar-refractivity contribution in [3.8, 4) is 51.0 Å². The van der Waals surface area contributed by atoms with Gasteiger partial charge in [-0.2, -0.15) is 0 Å². The standard InChI is InChI=1S/C51H30N4OS/c1-3-13-31(14-4-1)35-19-12-24-45-48(35)38-27-25-33(29-46(38)57-45)50-52-49(32-15-5-2-6-16-32)53-51(54-50)39-20-11-23-44-47(39)40-30-34(26-28-43(40)56-44)55-41-21-9-7-17-36(41)37-18-8-10-22-42(37)55/h1-30H. The molecule has 8 aromatic carbocycles. The number of para-hydroxylation sites is 2. The lowest BCUT2D eigenvalue weighted by atomic mass is 9.99. The highest BCUT2D eigenvalue weighted by Gasteiger charge is 2.20. The minimum Gasteiger partial charge on any atom is -0.456 e. The van der Waals surface area contributed by atoms with Crippen LogP contribution in [0.3, 0.4) is 0 Å². The van der Waals surface area contributed by atoms with Crippen LogP contribution in [-0.4, -0.2) is 19.5 Å². The molecule has 12 aromatic rings. The second-order valence-electron chi connectivity index (χ2n) is 14.4. The first-order valence-electron chi connectivity index (χ1n) is 19.0. The molecule has 0 saturated heterocycles. The number of hydrogen-bond donors (Lipinski definition) is 0. The van der Waals surface area contributed by atoms with E-state index in [1.165, 1.54) is 42.1 Å². The molecule has 0 bridgehead atoms. The number of rotatable bonds is 5. The lowest BCUT2D eigenvalue weighted by molar-refractivity contribution is 0.669. The van der Waals surface area contributed by atoms with Crippen molar-refractivity contribution in [3.05, 3.63) is 182 Å². The Morgan fingerprint density at radius 1 is 0.386 bits per heavy atom. The highest BCUT2D eigenvalue weighted by atomic mass is 32.1. The molecule has 57 heavy (non-hydrogen) atoms. The highest BCUT2D eigenvalue weighted by Crippen LogP contribution is 2.43. The molecular weight excluding hydrogens is 717 g/mol. The van der Waals surface area contributed by atoms with Crippen molar-refractivity contribution in [1.29, 1.82) is 0 Å². The van der Waals surface area contributed by atoms with Crippen molar-refractivity contribution >= 4 is 75.3 Å². The first-order valence-corrected chi connectivity index (χ1v) is 19.8. The van der Waals surface area contributed by atoms with Gasteiger partial charge in [-0.15, -0.1) is 11.3 Å². The van der Waals surface area contributed by atoms with Crippen molar-refractivity contribution in [3.63, 3.8) is 0 Å². The van der Waals surface area contributed by atoms with Crippen LogP contribution in [0.1, 0.15) is 0 Å². The number of benzene rings is 8. The Labute approximate surface area is 330 Å². The van der Waals surface area contributed by atoms with Gasteiger partial charge in [0.2, 0.25) is 0 Å². The molecule has 0 aliphatic carbocycles. The fraction of sp³-hybridized carbons (Fsp3) is 0. The van der Waals surface area contributed by atoms with E-state index in [2.05, 4.69) is 156 Å². The summed E-state index contributed by atoms with van der Waals surface area (Å²) in [6.45, 7) is 0. The van der Waals surface area contributed by atoms with Gasteiger partial charge in [-0.1, -0.05) is 133 Å². The molecule has 0 unspecified atom stereocenters.